The molecule has 68 valence electrons. The van der Waals surface area contributed by atoms with E-state index >= 15 is 0 Å². The van der Waals surface area contributed by atoms with Crippen LogP contribution in [0.5, 0.6) is 0 Å². The van der Waals surface area contributed by atoms with Crippen molar-refractivity contribution in [1.29, 1.82) is 0 Å². The number of alkyl halides is 1. The molecule has 0 amide bonds. The van der Waals surface area contributed by atoms with Gasteiger partial charge in [-0.15, -0.1) is 11.6 Å². The van der Waals surface area contributed by atoms with Crippen LogP contribution in [0.15, 0.2) is 0 Å². The average molecular weight is 189 g/mol. The molecule has 2 nitrogen and oxygen atoms in total. The summed E-state index contributed by atoms with van der Waals surface area (Å²) < 4.78 is 5.21. The molecule has 1 heterocycles. The van der Waals surface area contributed by atoms with E-state index in [1.54, 1.807) is 6.92 Å². The molecule has 3 heteroatoms. The van der Waals surface area contributed by atoms with Gasteiger partial charge in [-0.1, -0.05) is 6.42 Å². The van der Waals surface area contributed by atoms with Crippen LogP contribution >= 0.6 is 11.6 Å². The monoisotopic (exact) mass is 188 g/mol. The van der Waals surface area contributed by atoms with E-state index in [1.807, 2.05) is 0 Å². The van der Waals surface area contributed by atoms with E-state index in [0.29, 0.717) is 0 Å². The molecule has 0 unspecified atom stereocenters. The van der Waals surface area contributed by atoms with Gasteiger partial charge in [-0.05, 0) is 32.6 Å². The fourth-order valence-electron chi connectivity index (χ4n) is 2.20. The zero-order valence-corrected chi connectivity index (χ0v) is 7.99. The normalized spacial score (nSPS) is 39.0. The minimum absolute atomic E-state index is 0.244. The molecule has 0 radical (unpaired) electrons. The third kappa shape index (κ3) is 0.846. The van der Waals surface area contributed by atoms with Crippen LogP contribution in [0.25, 0.3) is 0 Å². The van der Waals surface area contributed by atoms with Crippen molar-refractivity contribution in [3.63, 3.8) is 0 Å². The second-order valence-corrected chi connectivity index (χ2v) is 4.70. The van der Waals surface area contributed by atoms with E-state index in [2.05, 4.69) is 0 Å². The van der Waals surface area contributed by atoms with Crippen molar-refractivity contribution >= 4 is 17.6 Å². The van der Waals surface area contributed by atoms with E-state index in [9.17, 15) is 4.79 Å². The summed E-state index contributed by atoms with van der Waals surface area (Å²) in [7, 11) is 0. The Morgan fingerprint density at radius 3 is 2.33 bits per heavy atom. The van der Waals surface area contributed by atoms with Crippen molar-refractivity contribution in [3.8, 4) is 0 Å². The molecule has 1 aliphatic carbocycles. The number of hydrogen-bond donors (Lipinski definition) is 0. The zero-order chi connectivity index (χ0) is 8.82. The number of rotatable bonds is 0. The van der Waals surface area contributed by atoms with E-state index in [0.717, 1.165) is 25.7 Å². The van der Waals surface area contributed by atoms with Crippen LogP contribution in [0.2, 0.25) is 0 Å². The highest BCUT2D eigenvalue weighted by atomic mass is 35.5. The Morgan fingerprint density at radius 2 is 1.92 bits per heavy atom. The van der Waals surface area contributed by atoms with Gasteiger partial charge in [0.1, 0.15) is 5.60 Å². The molecule has 1 atom stereocenters. The van der Waals surface area contributed by atoms with Gasteiger partial charge >= 0.3 is 5.97 Å². The Kier molecular flexibility index (Phi) is 1.66. The molecule has 1 saturated heterocycles. The Bertz CT molecular complexity index is 217. The van der Waals surface area contributed by atoms with Crippen LogP contribution in [-0.2, 0) is 9.53 Å². The van der Waals surface area contributed by atoms with Crippen LogP contribution in [0, 0.1) is 0 Å². The van der Waals surface area contributed by atoms with Gasteiger partial charge in [0.2, 0.25) is 0 Å². The third-order valence-electron chi connectivity index (χ3n) is 3.19. The summed E-state index contributed by atoms with van der Waals surface area (Å²) in [5, 5.41) is 0. The highest BCUT2D eigenvalue weighted by Gasteiger charge is 2.65. The van der Waals surface area contributed by atoms with Crippen molar-refractivity contribution in [2.45, 2.75) is 49.5 Å². The number of ether oxygens (including phenoxy) is 1. The molecule has 12 heavy (non-hydrogen) atoms. The predicted octanol–water partition coefficient (Wildman–Crippen LogP) is 2.24. The smallest absolute Gasteiger partial charge is 0.331 e. The van der Waals surface area contributed by atoms with Gasteiger partial charge in [-0.25, -0.2) is 4.79 Å². The number of halogens is 1. The lowest BCUT2D eigenvalue weighted by molar-refractivity contribution is -0.210. The van der Waals surface area contributed by atoms with Gasteiger partial charge in [-0.3, -0.25) is 0 Å². The maximum absolute atomic E-state index is 11.1. The molecule has 1 aliphatic heterocycles. The van der Waals surface area contributed by atoms with Crippen molar-refractivity contribution in [2.75, 3.05) is 0 Å². The highest BCUT2D eigenvalue weighted by molar-refractivity contribution is 6.36. The summed E-state index contributed by atoms with van der Waals surface area (Å²) in [5.41, 5.74) is -0.316. The number of esters is 1. The topological polar surface area (TPSA) is 26.3 Å². The summed E-state index contributed by atoms with van der Waals surface area (Å²) in [6.07, 6.45) is 5.40. The first-order chi connectivity index (χ1) is 5.58. The first-order valence-corrected chi connectivity index (χ1v) is 4.89. The van der Waals surface area contributed by atoms with Gasteiger partial charge in [-0.2, -0.15) is 0 Å². The molecule has 1 spiro atoms. The molecule has 0 aromatic carbocycles. The quantitative estimate of drug-likeness (QED) is 0.431. The summed E-state index contributed by atoms with van der Waals surface area (Å²) in [6.45, 7) is 1.78. The molecular weight excluding hydrogens is 176 g/mol. The molecular formula is C9H13ClO2. The summed E-state index contributed by atoms with van der Waals surface area (Å²) >= 11 is 6.12. The van der Waals surface area contributed by atoms with Crippen molar-refractivity contribution in [1.82, 2.24) is 0 Å². The average Bonchev–Trinajstić information content (AvgIpc) is 2.06. The molecule has 0 aromatic heterocycles. The molecule has 1 saturated carbocycles. The first kappa shape index (κ1) is 8.36. The lowest BCUT2D eigenvalue weighted by atomic mass is 9.72. The molecule has 0 aromatic rings. The summed E-state index contributed by atoms with van der Waals surface area (Å²) in [6, 6.07) is 0. The van der Waals surface area contributed by atoms with Crippen LogP contribution in [0.3, 0.4) is 0 Å². The van der Waals surface area contributed by atoms with Gasteiger partial charge in [0.05, 0.1) is 0 Å². The van der Waals surface area contributed by atoms with E-state index in [-0.39, 0.29) is 11.6 Å². The minimum Gasteiger partial charge on any atom is -0.455 e. The second kappa shape index (κ2) is 2.38. The maximum atomic E-state index is 11.1. The molecule has 2 aliphatic rings. The Balaban J connectivity index is 2.17. The molecule has 2 fully saturated rings. The van der Waals surface area contributed by atoms with Crippen molar-refractivity contribution < 1.29 is 9.53 Å². The predicted molar refractivity (Wildman–Crippen MR) is 46.2 cm³/mol. The van der Waals surface area contributed by atoms with E-state index < -0.39 is 4.87 Å². The largest absolute Gasteiger partial charge is 0.455 e. The number of hydrogen-bond acceptors (Lipinski definition) is 2. The van der Waals surface area contributed by atoms with E-state index in [4.69, 9.17) is 16.3 Å². The summed E-state index contributed by atoms with van der Waals surface area (Å²) in [5.74, 6) is -0.244. The Hall–Kier alpha value is -0.240. The van der Waals surface area contributed by atoms with Crippen LogP contribution < -0.4 is 0 Å². The number of carbonyl (C=O) groups excluding carboxylic acids is 1. The highest BCUT2D eigenvalue weighted by Crippen LogP contribution is 2.51. The third-order valence-corrected chi connectivity index (χ3v) is 3.69. The lowest BCUT2D eigenvalue weighted by Gasteiger charge is -2.53. The van der Waals surface area contributed by atoms with Crippen LogP contribution in [0.4, 0.5) is 0 Å². The number of carbonyl (C=O) groups is 1. The fourth-order valence-corrected chi connectivity index (χ4v) is 2.47. The summed E-state index contributed by atoms with van der Waals surface area (Å²) in [4.78, 5) is 10.3. The molecule has 2 rings (SSSR count). The fraction of sp³-hybridized carbons (Fsp3) is 0.889. The van der Waals surface area contributed by atoms with Gasteiger partial charge in [0.25, 0.3) is 0 Å². The Labute approximate surface area is 77.2 Å². The van der Waals surface area contributed by atoms with Crippen LogP contribution in [-0.4, -0.2) is 16.4 Å². The van der Waals surface area contributed by atoms with Crippen LogP contribution in [0.1, 0.15) is 39.0 Å². The second-order valence-electron chi connectivity index (χ2n) is 3.95. The minimum atomic E-state index is -0.743. The first-order valence-electron chi connectivity index (χ1n) is 4.51. The van der Waals surface area contributed by atoms with Gasteiger partial charge < -0.3 is 4.74 Å². The maximum Gasteiger partial charge on any atom is 0.331 e. The zero-order valence-electron chi connectivity index (χ0n) is 7.23. The standard InChI is InChI=1S/C9H13ClO2/c1-8(10)7(11)12-9(8)5-3-2-4-6-9/h2-6H2,1H3/t8-/m0/s1. The Morgan fingerprint density at radius 1 is 1.33 bits per heavy atom. The van der Waals surface area contributed by atoms with Gasteiger partial charge in [0.15, 0.2) is 4.87 Å². The van der Waals surface area contributed by atoms with E-state index in [1.165, 1.54) is 6.42 Å². The van der Waals surface area contributed by atoms with Crippen molar-refractivity contribution in [3.05, 3.63) is 0 Å². The van der Waals surface area contributed by atoms with Gasteiger partial charge in [0, 0.05) is 0 Å². The SMILES string of the molecule is C[C@]1(Cl)C(=O)OC12CCCCC2. The van der Waals surface area contributed by atoms with Crippen molar-refractivity contribution in [2.24, 2.45) is 0 Å². The lowest BCUT2D eigenvalue weighted by Crippen LogP contribution is -2.68. The molecule has 0 N–H and O–H groups in total. The molecule has 0 bridgehead atoms.